The van der Waals surface area contributed by atoms with Crippen LogP contribution in [0.4, 0.5) is 20.6 Å². The number of hydrogen-bond acceptors (Lipinski definition) is 6. The first kappa shape index (κ1) is 20.3. The number of ether oxygens (including phenoxy) is 2. The van der Waals surface area contributed by atoms with E-state index in [0.29, 0.717) is 54.2 Å². The van der Waals surface area contributed by atoms with Crippen molar-refractivity contribution in [3.05, 3.63) is 60.1 Å². The normalized spacial score (nSPS) is 18.8. The molecule has 3 heterocycles. The van der Waals surface area contributed by atoms with Gasteiger partial charge in [0.05, 0.1) is 43.2 Å². The molecule has 1 N–H and O–H groups in total. The number of carbonyl (C=O) groups is 2. The molecule has 2 aliphatic rings. The number of morpholine rings is 1. The Morgan fingerprint density at radius 2 is 1.97 bits per heavy atom. The minimum atomic E-state index is -0.573. The number of cyclic esters (lactones) is 1. The van der Waals surface area contributed by atoms with Crippen molar-refractivity contribution < 1.29 is 27.9 Å². The lowest BCUT2D eigenvalue weighted by Gasteiger charge is -2.29. The van der Waals surface area contributed by atoms with E-state index in [2.05, 4.69) is 5.32 Å². The van der Waals surface area contributed by atoms with Gasteiger partial charge in [-0.25, -0.2) is 9.18 Å². The summed E-state index contributed by atoms with van der Waals surface area (Å²) in [5.41, 5.74) is 1.95. The van der Waals surface area contributed by atoms with Crippen LogP contribution in [-0.4, -0.2) is 57.5 Å². The van der Waals surface area contributed by atoms with E-state index in [1.54, 1.807) is 24.3 Å². The lowest BCUT2D eigenvalue weighted by atomic mass is 10.1. The van der Waals surface area contributed by atoms with Gasteiger partial charge >= 0.3 is 6.09 Å². The zero-order valence-electron chi connectivity index (χ0n) is 17.3. The molecule has 0 aliphatic carbocycles. The molecule has 2 amide bonds. The van der Waals surface area contributed by atoms with E-state index in [1.165, 1.54) is 17.2 Å². The molecule has 5 rings (SSSR count). The molecular formula is C23H22FN3O5. The van der Waals surface area contributed by atoms with Gasteiger partial charge in [-0.05, 0) is 24.3 Å². The summed E-state index contributed by atoms with van der Waals surface area (Å²) in [6.45, 7) is 2.70. The van der Waals surface area contributed by atoms with E-state index in [4.69, 9.17) is 13.9 Å². The lowest BCUT2D eigenvalue weighted by Crippen LogP contribution is -2.37. The molecule has 166 valence electrons. The fourth-order valence-corrected chi connectivity index (χ4v) is 4.02. The minimum absolute atomic E-state index is 0.134. The highest BCUT2D eigenvalue weighted by atomic mass is 19.1. The van der Waals surface area contributed by atoms with E-state index < -0.39 is 18.0 Å². The maximum absolute atomic E-state index is 14.7. The van der Waals surface area contributed by atoms with Crippen molar-refractivity contribution in [2.45, 2.75) is 6.10 Å². The predicted octanol–water partition coefficient (Wildman–Crippen LogP) is 3.16. The Morgan fingerprint density at radius 1 is 1.16 bits per heavy atom. The molecule has 1 atom stereocenters. The Hall–Kier alpha value is -3.59. The molecule has 32 heavy (non-hydrogen) atoms. The lowest BCUT2D eigenvalue weighted by molar-refractivity contribution is 0.0917. The van der Waals surface area contributed by atoms with E-state index in [9.17, 15) is 14.0 Å². The number of fused-ring (bicyclic) bond motifs is 1. The monoisotopic (exact) mass is 439 g/mol. The van der Waals surface area contributed by atoms with Gasteiger partial charge in [0.1, 0.15) is 23.8 Å². The van der Waals surface area contributed by atoms with Crippen molar-refractivity contribution in [3.8, 4) is 0 Å². The highest BCUT2D eigenvalue weighted by Gasteiger charge is 2.33. The Balaban J connectivity index is 1.22. The van der Waals surface area contributed by atoms with E-state index in [1.807, 2.05) is 17.0 Å². The molecule has 1 aromatic heterocycles. The Bertz CT molecular complexity index is 1160. The topological polar surface area (TPSA) is 84.2 Å². The van der Waals surface area contributed by atoms with Gasteiger partial charge in [0, 0.05) is 18.5 Å². The van der Waals surface area contributed by atoms with Crippen LogP contribution < -0.4 is 15.1 Å². The van der Waals surface area contributed by atoms with Crippen molar-refractivity contribution in [1.82, 2.24) is 5.32 Å². The number of rotatable bonds is 5. The number of carbonyl (C=O) groups excluding carboxylic acids is 2. The molecular weight excluding hydrogens is 417 g/mol. The van der Waals surface area contributed by atoms with Crippen LogP contribution in [0.2, 0.25) is 0 Å². The second kappa shape index (κ2) is 8.51. The number of nitrogens with one attached hydrogen (secondary N) is 1. The number of hydrogen-bond donors (Lipinski definition) is 1. The zero-order valence-corrected chi connectivity index (χ0v) is 17.3. The van der Waals surface area contributed by atoms with Crippen LogP contribution in [0.25, 0.3) is 11.0 Å². The van der Waals surface area contributed by atoms with Crippen LogP contribution in [-0.2, 0) is 9.47 Å². The van der Waals surface area contributed by atoms with E-state index in [-0.39, 0.29) is 19.0 Å². The molecule has 0 radical (unpaired) electrons. The van der Waals surface area contributed by atoms with Crippen LogP contribution in [0.5, 0.6) is 0 Å². The van der Waals surface area contributed by atoms with Gasteiger partial charge in [-0.2, -0.15) is 0 Å². The number of halogens is 1. The fraction of sp³-hybridized carbons (Fsp3) is 0.304. The van der Waals surface area contributed by atoms with Crippen molar-refractivity contribution >= 4 is 34.3 Å². The number of furan rings is 1. The average molecular weight is 439 g/mol. The van der Waals surface area contributed by atoms with Crippen molar-refractivity contribution in [2.75, 3.05) is 49.2 Å². The van der Waals surface area contributed by atoms with Gasteiger partial charge in [-0.15, -0.1) is 0 Å². The first-order valence-corrected chi connectivity index (χ1v) is 10.4. The number of anilines is 2. The molecule has 2 fully saturated rings. The molecule has 0 saturated carbocycles. The number of para-hydroxylation sites is 1. The molecule has 0 spiro atoms. The van der Waals surface area contributed by atoms with Gasteiger partial charge in [-0.1, -0.05) is 18.2 Å². The van der Waals surface area contributed by atoms with Crippen LogP contribution in [0.1, 0.15) is 10.4 Å². The standard InChI is InChI=1S/C23H22FN3O5/c24-19-11-15(5-6-20(19)26-7-9-30-10-8-26)27-13-16(32-23(27)29)12-25-22(28)18-14-31-21-4-2-1-3-17(18)21/h1-6,11,14,16H,7-10,12-13H2,(H,25,28)/t16-/m0/s1. The number of benzene rings is 2. The van der Waals surface area contributed by atoms with Crippen molar-refractivity contribution in [2.24, 2.45) is 0 Å². The maximum Gasteiger partial charge on any atom is 0.414 e. The van der Waals surface area contributed by atoms with E-state index in [0.717, 1.165) is 0 Å². The minimum Gasteiger partial charge on any atom is -0.463 e. The Morgan fingerprint density at radius 3 is 2.78 bits per heavy atom. The third-order valence-corrected chi connectivity index (χ3v) is 5.68. The van der Waals surface area contributed by atoms with Gasteiger partial charge in [0.15, 0.2) is 0 Å². The Kier molecular flexibility index (Phi) is 5.40. The molecule has 3 aromatic rings. The summed E-state index contributed by atoms with van der Waals surface area (Å²) < 4.78 is 30.8. The summed E-state index contributed by atoms with van der Waals surface area (Å²) in [6.07, 6.45) is 0.286. The van der Waals surface area contributed by atoms with Crippen LogP contribution in [0, 0.1) is 5.82 Å². The fourth-order valence-electron chi connectivity index (χ4n) is 4.02. The molecule has 0 bridgehead atoms. The molecule has 9 heteroatoms. The molecule has 8 nitrogen and oxygen atoms in total. The van der Waals surface area contributed by atoms with Gasteiger partial charge in [-0.3, -0.25) is 9.69 Å². The van der Waals surface area contributed by atoms with Crippen molar-refractivity contribution in [1.29, 1.82) is 0 Å². The largest absolute Gasteiger partial charge is 0.463 e. The smallest absolute Gasteiger partial charge is 0.414 e. The SMILES string of the molecule is O=C(NC[C@H]1CN(c2ccc(N3CCOCC3)c(F)c2)C(=O)O1)c1coc2ccccc12. The molecule has 0 unspecified atom stereocenters. The van der Waals surface area contributed by atoms with Gasteiger partial charge in [0.25, 0.3) is 5.91 Å². The van der Waals surface area contributed by atoms with Crippen LogP contribution in [0.15, 0.2) is 53.1 Å². The average Bonchev–Trinajstić information content (AvgIpc) is 3.41. The number of nitrogens with zero attached hydrogens (tertiary/aromatic N) is 2. The summed E-state index contributed by atoms with van der Waals surface area (Å²) in [4.78, 5) is 28.2. The quantitative estimate of drug-likeness (QED) is 0.658. The highest BCUT2D eigenvalue weighted by molar-refractivity contribution is 6.05. The Labute approximate surface area is 183 Å². The molecule has 2 aromatic carbocycles. The van der Waals surface area contributed by atoms with Crippen LogP contribution in [0.3, 0.4) is 0 Å². The third kappa shape index (κ3) is 3.87. The predicted molar refractivity (Wildman–Crippen MR) is 116 cm³/mol. The summed E-state index contributed by atoms with van der Waals surface area (Å²) in [6, 6.07) is 12.0. The molecule has 2 saturated heterocycles. The summed E-state index contributed by atoms with van der Waals surface area (Å²) in [5, 5.41) is 3.49. The highest BCUT2D eigenvalue weighted by Crippen LogP contribution is 2.28. The number of amides is 2. The molecule has 2 aliphatic heterocycles. The van der Waals surface area contributed by atoms with Gasteiger partial charge in [0.2, 0.25) is 0 Å². The summed E-state index contributed by atoms with van der Waals surface area (Å²) >= 11 is 0. The zero-order chi connectivity index (χ0) is 22.1. The van der Waals surface area contributed by atoms with Crippen LogP contribution >= 0.6 is 0 Å². The van der Waals surface area contributed by atoms with Gasteiger partial charge < -0.3 is 24.1 Å². The summed E-state index contributed by atoms with van der Waals surface area (Å²) in [7, 11) is 0. The summed E-state index contributed by atoms with van der Waals surface area (Å²) in [5.74, 6) is -0.717. The maximum atomic E-state index is 14.7. The first-order valence-electron chi connectivity index (χ1n) is 10.4. The third-order valence-electron chi connectivity index (χ3n) is 5.68. The first-order chi connectivity index (χ1) is 15.6. The second-order valence-corrected chi connectivity index (χ2v) is 7.71. The second-order valence-electron chi connectivity index (χ2n) is 7.71. The van der Waals surface area contributed by atoms with E-state index >= 15 is 0 Å². The van der Waals surface area contributed by atoms with Crippen molar-refractivity contribution in [3.63, 3.8) is 0 Å².